The summed E-state index contributed by atoms with van der Waals surface area (Å²) < 4.78 is 78.3. The van der Waals surface area contributed by atoms with Gasteiger partial charge in [-0.2, -0.15) is 21.6 Å². The molecule has 2 aromatic carbocycles. The molecule has 1 N–H and O–H groups in total. The highest BCUT2D eigenvalue weighted by Crippen LogP contribution is 2.46. The molecule has 0 aliphatic carbocycles. The van der Waals surface area contributed by atoms with Crippen molar-refractivity contribution in [1.29, 1.82) is 0 Å². The molecule has 32 heavy (non-hydrogen) atoms. The highest BCUT2D eigenvalue weighted by Gasteiger charge is 2.40. The molecule has 168 valence electrons. The average molecular weight is 482 g/mol. The standard InChI is InChI=1S/C22H18F3NO4S2/c23-22(24,25)21-20(13-4-2-1-3-5-13)19(12-31-21)32(27,28)30-14-6-7-17-16(10-14)15-8-9-26-11-18(15)29-17/h1-7,10,12,15,18,26H,8-9,11H2. The van der Waals surface area contributed by atoms with Crippen molar-refractivity contribution < 1.29 is 30.5 Å². The zero-order chi connectivity index (χ0) is 22.5. The summed E-state index contributed by atoms with van der Waals surface area (Å²) in [7, 11) is -4.52. The van der Waals surface area contributed by atoms with Gasteiger partial charge in [-0.25, -0.2) is 0 Å². The molecule has 5 nitrogen and oxygen atoms in total. The van der Waals surface area contributed by atoms with Crippen molar-refractivity contribution >= 4 is 21.5 Å². The molecule has 0 radical (unpaired) electrons. The van der Waals surface area contributed by atoms with Gasteiger partial charge in [-0.3, -0.25) is 0 Å². The molecule has 3 aromatic rings. The number of halogens is 3. The van der Waals surface area contributed by atoms with E-state index in [1.165, 1.54) is 18.2 Å². The monoisotopic (exact) mass is 481 g/mol. The minimum absolute atomic E-state index is 0.0264. The molecule has 2 unspecified atom stereocenters. The Morgan fingerprint density at radius 1 is 1.12 bits per heavy atom. The number of hydrogen-bond donors (Lipinski definition) is 1. The summed E-state index contributed by atoms with van der Waals surface area (Å²) in [6.45, 7) is 1.52. The summed E-state index contributed by atoms with van der Waals surface area (Å²) in [6.07, 6.45) is -3.88. The molecule has 0 amide bonds. The second-order valence-electron chi connectivity index (χ2n) is 7.66. The molecule has 1 aromatic heterocycles. The van der Waals surface area contributed by atoms with E-state index in [1.807, 2.05) is 0 Å². The van der Waals surface area contributed by atoms with E-state index in [-0.39, 0.29) is 23.3 Å². The summed E-state index contributed by atoms with van der Waals surface area (Å²) in [5.74, 6) is 0.842. The van der Waals surface area contributed by atoms with Crippen LogP contribution in [0.2, 0.25) is 0 Å². The molecule has 2 aliphatic heterocycles. The Morgan fingerprint density at radius 2 is 1.91 bits per heavy atom. The molecule has 1 saturated heterocycles. The maximum Gasteiger partial charge on any atom is 0.426 e. The van der Waals surface area contributed by atoms with Gasteiger partial charge in [-0.1, -0.05) is 30.3 Å². The van der Waals surface area contributed by atoms with Crippen LogP contribution in [0.5, 0.6) is 11.5 Å². The first-order chi connectivity index (χ1) is 15.2. The maximum atomic E-state index is 13.6. The molecule has 0 saturated carbocycles. The maximum absolute atomic E-state index is 13.6. The van der Waals surface area contributed by atoms with E-state index < -0.39 is 31.6 Å². The van der Waals surface area contributed by atoms with Crippen molar-refractivity contribution in [3.05, 3.63) is 64.4 Å². The third-order valence-electron chi connectivity index (χ3n) is 5.64. The van der Waals surface area contributed by atoms with Crippen molar-refractivity contribution in [2.45, 2.75) is 29.5 Å². The van der Waals surface area contributed by atoms with Crippen LogP contribution in [-0.2, 0) is 16.3 Å². The smallest absolute Gasteiger partial charge is 0.426 e. The summed E-state index contributed by atoms with van der Waals surface area (Å²) in [6, 6.07) is 12.4. The molecular weight excluding hydrogens is 463 g/mol. The Labute approximate surface area is 186 Å². The molecule has 0 spiro atoms. The minimum atomic E-state index is -4.70. The highest BCUT2D eigenvalue weighted by molar-refractivity contribution is 7.87. The van der Waals surface area contributed by atoms with Crippen LogP contribution in [0.3, 0.4) is 0 Å². The lowest BCUT2D eigenvalue weighted by Gasteiger charge is -2.24. The lowest BCUT2D eigenvalue weighted by molar-refractivity contribution is -0.133. The molecular formula is C22H18F3NO4S2. The van der Waals surface area contributed by atoms with Gasteiger partial charge < -0.3 is 14.2 Å². The number of fused-ring (bicyclic) bond motifs is 3. The number of ether oxygens (including phenoxy) is 1. The Kier molecular flexibility index (Phi) is 5.18. The number of rotatable bonds is 4. The molecule has 1 fully saturated rings. The zero-order valence-corrected chi connectivity index (χ0v) is 18.2. The Balaban J connectivity index is 1.52. The van der Waals surface area contributed by atoms with Crippen molar-refractivity contribution in [1.82, 2.24) is 5.32 Å². The van der Waals surface area contributed by atoms with Crippen LogP contribution in [0.1, 0.15) is 22.8 Å². The van der Waals surface area contributed by atoms with E-state index in [0.29, 0.717) is 23.6 Å². The van der Waals surface area contributed by atoms with Gasteiger partial charge in [0.15, 0.2) is 0 Å². The Bertz CT molecular complexity index is 1260. The van der Waals surface area contributed by atoms with Gasteiger partial charge in [-0.15, -0.1) is 11.3 Å². The number of benzene rings is 2. The third-order valence-corrected chi connectivity index (χ3v) is 8.08. The first kappa shape index (κ1) is 21.3. The van der Waals surface area contributed by atoms with Crippen LogP contribution < -0.4 is 14.2 Å². The summed E-state index contributed by atoms with van der Waals surface area (Å²) >= 11 is 0.339. The van der Waals surface area contributed by atoms with E-state index in [4.69, 9.17) is 8.92 Å². The average Bonchev–Trinajstić information content (AvgIpc) is 3.36. The lowest BCUT2D eigenvalue weighted by Crippen LogP contribution is -2.39. The fraction of sp³-hybridized carbons (Fsp3) is 0.273. The minimum Gasteiger partial charge on any atom is -0.488 e. The van der Waals surface area contributed by atoms with Crippen molar-refractivity contribution in [2.75, 3.05) is 13.1 Å². The quantitative estimate of drug-likeness (QED) is 0.529. The number of thiophene rings is 1. The second kappa shape index (κ2) is 7.79. The summed E-state index contributed by atoms with van der Waals surface area (Å²) in [4.78, 5) is -1.48. The van der Waals surface area contributed by atoms with Crippen LogP contribution in [0.25, 0.3) is 11.1 Å². The van der Waals surface area contributed by atoms with Gasteiger partial charge in [0.1, 0.15) is 27.4 Å². The second-order valence-corrected chi connectivity index (χ2v) is 10.1. The Morgan fingerprint density at radius 3 is 2.66 bits per heavy atom. The zero-order valence-electron chi connectivity index (χ0n) is 16.6. The first-order valence-electron chi connectivity index (χ1n) is 9.94. The molecule has 0 bridgehead atoms. The van der Waals surface area contributed by atoms with E-state index in [1.54, 1.807) is 30.3 Å². The predicted molar refractivity (Wildman–Crippen MR) is 114 cm³/mol. The highest BCUT2D eigenvalue weighted by atomic mass is 32.2. The number of hydrogen-bond acceptors (Lipinski definition) is 6. The van der Waals surface area contributed by atoms with Gasteiger partial charge in [0.25, 0.3) is 0 Å². The lowest BCUT2D eigenvalue weighted by atomic mass is 9.90. The van der Waals surface area contributed by atoms with Gasteiger partial charge >= 0.3 is 16.3 Å². The van der Waals surface area contributed by atoms with Crippen LogP contribution in [0.15, 0.2) is 58.8 Å². The van der Waals surface area contributed by atoms with E-state index in [9.17, 15) is 21.6 Å². The third kappa shape index (κ3) is 3.76. The molecule has 5 rings (SSSR count). The number of alkyl halides is 3. The molecule has 3 heterocycles. The molecule has 2 atom stereocenters. The number of nitrogens with one attached hydrogen (secondary N) is 1. The Hall–Kier alpha value is -2.56. The van der Waals surface area contributed by atoms with Gasteiger partial charge in [-0.05, 0) is 36.7 Å². The fourth-order valence-corrected chi connectivity index (χ4v) is 6.65. The van der Waals surface area contributed by atoms with E-state index >= 15 is 0 Å². The van der Waals surface area contributed by atoms with Crippen molar-refractivity contribution in [2.24, 2.45) is 0 Å². The van der Waals surface area contributed by atoms with Crippen molar-refractivity contribution in [3.8, 4) is 22.6 Å². The summed E-state index contributed by atoms with van der Waals surface area (Å²) in [5.41, 5.74) is 0.614. The molecule has 10 heteroatoms. The predicted octanol–water partition coefficient (Wildman–Crippen LogP) is 5.04. The van der Waals surface area contributed by atoms with Gasteiger partial charge in [0.05, 0.1) is 0 Å². The summed E-state index contributed by atoms with van der Waals surface area (Å²) in [5, 5.41) is 4.24. The van der Waals surface area contributed by atoms with E-state index in [2.05, 4.69) is 5.32 Å². The largest absolute Gasteiger partial charge is 0.488 e. The first-order valence-corrected chi connectivity index (χ1v) is 12.2. The van der Waals surface area contributed by atoms with E-state index in [0.717, 1.165) is 23.9 Å². The van der Waals surface area contributed by atoms with Crippen LogP contribution in [-0.4, -0.2) is 27.6 Å². The van der Waals surface area contributed by atoms with Crippen LogP contribution in [0, 0.1) is 0 Å². The van der Waals surface area contributed by atoms with Gasteiger partial charge in [0.2, 0.25) is 0 Å². The van der Waals surface area contributed by atoms with Gasteiger partial charge in [0, 0.05) is 29.0 Å². The number of piperidine rings is 1. The fourth-order valence-electron chi connectivity index (χ4n) is 4.23. The normalized spacial score (nSPS) is 20.3. The van der Waals surface area contributed by atoms with Crippen molar-refractivity contribution in [3.63, 3.8) is 0 Å². The SMILES string of the molecule is O=S(=O)(Oc1ccc2c(c1)C1CCNCC1O2)c1csc(C(F)(F)F)c1-c1ccccc1. The van der Waals surface area contributed by atoms with Crippen LogP contribution in [0.4, 0.5) is 13.2 Å². The van der Waals surface area contributed by atoms with Crippen LogP contribution >= 0.6 is 11.3 Å². The topological polar surface area (TPSA) is 64.6 Å². The molecule has 2 aliphatic rings.